The summed E-state index contributed by atoms with van der Waals surface area (Å²) in [6.45, 7) is 2.48. The van der Waals surface area contributed by atoms with Crippen LogP contribution in [0.1, 0.15) is 22.8 Å². The fourth-order valence-electron chi connectivity index (χ4n) is 1.98. The summed E-state index contributed by atoms with van der Waals surface area (Å²) in [4.78, 5) is 14.2. The molecule has 1 rings (SSSR count). The number of likely N-dealkylation sites (N-methyl/N-ethyl adjacent to an activating group) is 1. The predicted molar refractivity (Wildman–Crippen MR) is 82.4 cm³/mol. The Bertz CT molecular complexity index is 544. The minimum atomic E-state index is -0.237. The van der Waals surface area contributed by atoms with Gasteiger partial charge in [0.2, 0.25) is 0 Å². The molecule has 1 atom stereocenters. The third-order valence-corrected chi connectivity index (χ3v) is 2.78. The summed E-state index contributed by atoms with van der Waals surface area (Å²) >= 11 is 0. The quantitative estimate of drug-likeness (QED) is 0.785. The van der Waals surface area contributed by atoms with E-state index in [1.807, 2.05) is 25.9 Å². The van der Waals surface area contributed by atoms with Crippen molar-refractivity contribution in [2.45, 2.75) is 13.0 Å². The van der Waals surface area contributed by atoms with Gasteiger partial charge in [-0.15, -0.1) is 0 Å². The second-order valence-electron chi connectivity index (χ2n) is 5.01. The molecule has 114 valence electrons. The number of benzene rings is 1. The number of aliphatic hydroxyl groups is 1. The second kappa shape index (κ2) is 8.30. The molecule has 2 N–H and O–H groups in total. The normalized spacial score (nSPS) is 11.5. The maximum Gasteiger partial charge on any atom is 0.251 e. The van der Waals surface area contributed by atoms with Crippen molar-refractivity contribution in [1.29, 1.82) is 0 Å². The van der Waals surface area contributed by atoms with Gasteiger partial charge in [-0.3, -0.25) is 4.79 Å². The van der Waals surface area contributed by atoms with Gasteiger partial charge in [0.1, 0.15) is 12.4 Å². The lowest BCUT2D eigenvalue weighted by molar-refractivity contribution is 0.0934. The zero-order chi connectivity index (χ0) is 15.8. The first-order valence-electron chi connectivity index (χ1n) is 6.71. The van der Waals surface area contributed by atoms with Crippen LogP contribution in [0, 0.1) is 11.8 Å². The molecule has 1 aromatic rings. The van der Waals surface area contributed by atoms with Crippen LogP contribution in [0.5, 0.6) is 5.75 Å². The molecule has 1 amide bonds. The number of ether oxygens (including phenoxy) is 1. The first kappa shape index (κ1) is 17.0. The number of aliphatic hydroxyl groups excluding tert-OH is 1. The van der Waals surface area contributed by atoms with E-state index in [0.29, 0.717) is 16.9 Å². The third-order valence-electron chi connectivity index (χ3n) is 2.78. The smallest absolute Gasteiger partial charge is 0.251 e. The fraction of sp³-hybridized carbons (Fsp3) is 0.438. The molecule has 0 heterocycles. The lowest BCUT2D eigenvalue weighted by Crippen LogP contribution is -2.39. The standard InChI is InChI=1S/C16H22N2O3/c1-12(11-18(2)3)17-16(20)14-7-8-15(21-4)13(10-14)6-5-9-19/h7-8,10,12,19H,9,11H2,1-4H3,(H,17,20). The van der Waals surface area contributed by atoms with Gasteiger partial charge in [-0.05, 0) is 39.2 Å². The second-order valence-corrected chi connectivity index (χ2v) is 5.01. The Balaban J connectivity index is 2.90. The summed E-state index contributed by atoms with van der Waals surface area (Å²) in [5, 5.41) is 11.7. The van der Waals surface area contributed by atoms with Crippen molar-refractivity contribution >= 4 is 5.91 Å². The molecule has 21 heavy (non-hydrogen) atoms. The van der Waals surface area contributed by atoms with Crippen molar-refractivity contribution < 1.29 is 14.6 Å². The number of nitrogens with one attached hydrogen (secondary N) is 1. The lowest BCUT2D eigenvalue weighted by Gasteiger charge is -2.18. The molecule has 0 aromatic heterocycles. The van der Waals surface area contributed by atoms with Gasteiger partial charge in [0.25, 0.3) is 5.91 Å². The van der Waals surface area contributed by atoms with Crippen molar-refractivity contribution in [3.8, 4) is 17.6 Å². The highest BCUT2D eigenvalue weighted by atomic mass is 16.5. The van der Waals surface area contributed by atoms with E-state index in [1.54, 1.807) is 25.3 Å². The van der Waals surface area contributed by atoms with Crippen LogP contribution in [-0.2, 0) is 0 Å². The highest BCUT2D eigenvalue weighted by Crippen LogP contribution is 2.19. The lowest BCUT2D eigenvalue weighted by atomic mass is 10.1. The monoisotopic (exact) mass is 290 g/mol. The van der Waals surface area contributed by atoms with Crippen LogP contribution < -0.4 is 10.1 Å². The predicted octanol–water partition coefficient (Wildman–Crippen LogP) is 0.719. The molecule has 0 aliphatic heterocycles. The van der Waals surface area contributed by atoms with Crippen molar-refractivity contribution in [2.75, 3.05) is 34.4 Å². The number of carbonyl (C=O) groups excluding carboxylic acids is 1. The maximum absolute atomic E-state index is 12.2. The zero-order valence-corrected chi connectivity index (χ0v) is 12.9. The van der Waals surface area contributed by atoms with E-state index >= 15 is 0 Å². The first-order valence-corrected chi connectivity index (χ1v) is 6.71. The van der Waals surface area contributed by atoms with Gasteiger partial charge in [-0.2, -0.15) is 0 Å². The van der Waals surface area contributed by atoms with E-state index in [-0.39, 0.29) is 18.6 Å². The number of rotatable bonds is 5. The molecule has 0 saturated carbocycles. The van der Waals surface area contributed by atoms with Crippen molar-refractivity contribution in [1.82, 2.24) is 10.2 Å². The average Bonchev–Trinajstić information content (AvgIpc) is 2.43. The topological polar surface area (TPSA) is 61.8 Å². The third kappa shape index (κ3) is 5.46. The van der Waals surface area contributed by atoms with Crippen LogP contribution in [0.25, 0.3) is 0 Å². The summed E-state index contributed by atoms with van der Waals surface area (Å²) < 4.78 is 5.19. The zero-order valence-electron chi connectivity index (χ0n) is 12.9. The largest absolute Gasteiger partial charge is 0.495 e. The van der Waals surface area contributed by atoms with E-state index in [1.165, 1.54) is 0 Å². The van der Waals surface area contributed by atoms with Crippen molar-refractivity contribution in [3.05, 3.63) is 29.3 Å². The van der Waals surface area contributed by atoms with Crippen LogP contribution in [0.15, 0.2) is 18.2 Å². The molecule has 0 fully saturated rings. The number of amides is 1. The Morgan fingerprint density at radius 2 is 2.19 bits per heavy atom. The van der Waals surface area contributed by atoms with Gasteiger partial charge in [0.05, 0.1) is 12.7 Å². The highest BCUT2D eigenvalue weighted by Gasteiger charge is 2.12. The molecule has 1 unspecified atom stereocenters. The van der Waals surface area contributed by atoms with Crippen LogP contribution in [0.2, 0.25) is 0 Å². The van der Waals surface area contributed by atoms with Crippen LogP contribution in [0.3, 0.4) is 0 Å². The van der Waals surface area contributed by atoms with Gasteiger partial charge in [-0.1, -0.05) is 11.8 Å². The average molecular weight is 290 g/mol. The van der Waals surface area contributed by atoms with Crippen LogP contribution >= 0.6 is 0 Å². The first-order chi connectivity index (χ1) is 9.97. The molecule has 0 radical (unpaired) electrons. The number of methoxy groups -OCH3 is 1. The van der Waals surface area contributed by atoms with Crippen LogP contribution in [0.4, 0.5) is 0 Å². The maximum atomic E-state index is 12.2. The van der Waals surface area contributed by atoms with Gasteiger partial charge >= 0.3 is 0 Å². The molecule has 5 nitrogen and oxygen atoms in total. The van der Waals surface area contributed by atoms with E-state index in [4.69, 9.17) is 9.84 Å². The SMILES string of the molecule is COc1ccc(C(=O)NC(C)CN(C)C)cc1C#CCO. The summed E-state index contributed by atoms with van der Waals surface area (Å²) in [6.07, 6.45) is 0. The van der Waals surface area contributed by atoms with Gasteiger partial charge in [0, 0.05) is 18.2 Å². The van der Waals surface area contributed by atoms with Gasteiger partial charge < -0.3 is 20.1 Å². The Labute approximate surface area is 125 Å². The van der Waals surface area contributed by atoms with E-state index in [2.05, 4.69) is 17.2 Å². The van der Waals surface area contributed by atoms with E-state index < -0.39 is 0 Å². The Morgan fingerprint density at radius 1 is 1.48 bits per heavy atom. The summed E-state index contributed by atoms with van der Waals surface area (Å²) in [6, 6.07) is 5.11. The number of hydrogen-bond acceptors (Lipinski definition) is 4. The molecule has 0 aliphatic rings. The van der Waals surface area contributed by atoms with Gasteiger partial charge in [0.15, 0.2) is 0 Å². The van der Waals surface area contributed by atoms with Crippen LogP contribution in [-0.4, -0.2) is 56.3 Å². The molecule has 0 bridgehead atoms. The molecule has 0 spiro atoms. The molecule has 1 aromatic carbocycles. The minimum Gasteiger partial charge on any atom is -0.495 e. The highest BCUT2D eigenvalue weighted by molar-refractivity contribution is 5.95. The molecule has 0 aliphatic carbocycles. The van der Waals surface area contributed by atoms with E-state index in [9.17, 15) is 4.79 Å². The number of hydrogen-bond donors (Lipinski definition) is 2. The fourth-order valence-corrected chi connectivity index (χ4v) is 1.98. The Hall–Kier alpha value is -2.03. The number of nitrogens with zero attached hydrogens (tertiary/aromatic N) is 1. The molecular weight excluding hydrogens is 268 g/mol. The van der Waals surface area contributed by atoms with Gasteiger partial charge in [-0.25, -0.2) is 0 Å². The number of carbonyl (C=O) groups is 1. The van der Waals surface area contributed by atoms with Crippen molar-refractivity contribution in [2.24, 2.45) is 0 Å². The van der Waals surface area contributed by atoms with E-state index in [0.717, 1.165) is 6.54 Å². The Morgan fingerprint density at radius 3 is 2.76 bits per heavy atom. The molecular formula is C16H22N2O3. The summed E-state index contributed by atoms with van der Waals surface area (Å²) in [5.74, 6) is 5.76. The minimum absolute atomic E-state index is 0.0431. The summed E-state index contributed by atoms with van der Waals surface area (Å²) in [5.41, 5.74) is 1.10. The van der Waals surface area contributed by atoms with Crippen molar-refractivity contribution in [3.63, 3.8) is 0 Å². The summed E-state index contributed by atoms with van der Waals surface area (Å²) in [7, 11) is 5.45. The molecule has 5 heteroatoms. The Kier molecular flexibility index (Phi) is 6.73. The molecule has 0 saturated heterocycles.